The maximum absolute atomic E-state index is 12.7. The van der Waals surface area contributed by atoms with Crippen LogP contribution in [0.1, 0.15) is 10.4 Å². The van der Waals surface area contributed by atoms with E-state index < -0.39 is 15.1 Å². The number of benzene rings is 1. The lowest BCUT2D eigenvalue weighted by Gasteiger charge is -2.38. The topological polar surface area (TPSA) is 94.4 Å². The SMILES string of the molecule is Cn1ccnc1S(=O)(=O)C1CN(C(=O)c2cccc(Oc3ccccn3)c2)C1. The first kappa shape index (κ1) is 18.2. The first-order valence-corrected chi connectivity index (χ1v) is 10.2. The molecule has 1 aromatic carbocycles. The van der Waals surface area contributed by atoms with Crippen molar-refractivity contribution >= 4 is 15.7 Å². The summed E-state index contributed by atoms with van der Waals surface area (Å²) < 4.78 is 32.3. The molecule has 1 aliphatic rings. The summed E-state index contributed by atoms with van der Waals surface area (Å²) in [5.74, 6) is 0.678. The number of nitrogens with zero attached hydrogens (tertiary/aromatic N) is 4. The van der Waals surface area contributed by atoms with Crippen molar-refractivity contribution in [2.75, 3.05) is 13.1 Å². The average molecular weight is 398 g/mol. The Balaban J connectivity index is 1.44. The first-order chi connectivity index (χ1) is 13.4. The lowest BCUT2D eigenvalue weighted by atomic mass is 10.1. The summed E-state index contributed by atoms with van der Waals surface area (Å²) >= 11 is 0. The van der Waals surface area contributed by atoms with Gasteiger partial charge in [0, 0.05) is 50.4 Å². The van der Waals surface area contributed by atoms with Crippen LogP contribution in [-0.4, -0.2) is 52.1 Å². The molecule has 0 unspecified atom stereocenters. The van der Waals surface area contributed by atoms with Crippen molar-refractivity contribution in [1.29, 1.82) is 0 Å². The van der Waals surface area contributed by atoms with Gasteiger partial charge in [-0.25, -0.2) is 18.4 Å². The van der Waals surface area contributed by atoms with E-state index in [1.807, 2.05) is 0 Å². The van der Waals surface area contributed by atoms with Crippen molar-refractivity contribution in [1.82, 2.24) is 19.4 Å². The van der Waals surface area contributed by atoms with Gasteiger partial charge in [0.05, 0.1) is 0 Å². The Kier molecular flexibility index (Phi) is 4.60. The van der Waals surface area contributed by atoms with Gasteiger partial charge in [-0.15, -0.1) is 0 Å². The first-order valence-electron chi connectivity index (χ1n) is 8.64. The van der Waals surface area contributed by atoms with E-state index in [0.29, 0.717) is 17.2 Å². The molecule has 28 heavy (non-hydrogen) atoms. The van der Waals surface area contributed by atoms with Crippen molar-refractivity contribution < 1.29 is 17.9 Å². The summed E-state index contributed by atoms with van der Waals surface area (Å²) in [6, 6.07) is 12.1. The van der Waals surface area contributed by atoms with E-state index in [2.05, 4.69) is 9.97 Å². The van der Waals surface area contributed by atoms with Crippen LogP contribution in [0.5, 0.6) is 11.6 Å². The molecule has 0 atom stereocenters. The van der Waals surface area contributed by atoms with Crippen LogP contribution in [-0.2, 0) is 16.9 Å². The molecule has 0 radical (unpaired) electrons. The van der Waals surface area contributed by atoms with Crippen LogP contribution in [0.25, 0.3) is 0 Å². The molecule has 2 aromatic heterocycles. The number of imidazole rings is 1. The quantitative estimate of drug-likeness (QED) is 0.652. The summed E-state index contributed by atoms with van der Waals surface area (Å²) in [7, 11) is -1.93. The lowest BCUT2D eigenvalue weighted by Crippen LogP contribution is -2.57. The number of ether oxygens (including phenoxy) is 1. The molecule has 1 aliphatic heterocycles. The molecule has 144 valence electrons. The van der Waals surface area contributed by atoms with Gasteiger partial charge in [-0.2, -0.15) is 0 Å². The summed E-state index contributed by atoms with van der Waals surface area (Å²) in [5, 5.41) is -0.624. The number of hydrogen-bond donors (Lipinski definition) is 0. The van der Waals surface area contributed by atoms with Crippen LogP contribution in [0, 0.1) is 0 Å². The third-order valence-corrected chi connectivity index (χ3v) is 6.62. The Hall–Kier alpha value is -3.20. The van der Waals surface area contributed by atoms with E-state index in [4.69, 9.17) is 4.74 Å². The molecule has 9 heteroatoms. The highest BCUT2D eigenvalue weighted by molar-refractivity contribution is 7.92. The van der Waals surface area contributed by atoms with Gasteiger partial charge >= 0.3 is 0 Å². The van der Waals surface area contributed by atoms with Gasteiger partial charge in [0.25, 0.3) is 5.91 Å². The number of amides is 1. The minimum Gasteiger partial charge on any atom is -0.439 e. The Morgan fingerprint density at radius 3 is 2.61 bits per heavy atom. The van der Waals surface area contributed by atoms with Crippen LogP contribution in [0.4, 0.5) is 0 Å². The minimum atomic E-state index is -3.56. The largest absolute Gasteiger partial charge is 0.439 e. The highest BCUT2D eigenvalue weighted by atomic mass is 32.2. The second kappa shape index (κ2) is 7.08. The van der Waals surface area contributed by atoms with Crippen molar-refractivity contribution in [3.8, 4) is 11.6 Å². The van der Waals surface area contributed by atoms with Gasteiger partial charge in [0.1, 0.15) is 11.0 Å². The molecule has 3 aromatic rings. The summed E-state index contributed by atoms with van der Waals surface area (Å²) in [5.41, 5.74) is 0.432. The maximum atomic E-state index is 12.7. The summed E-state index contributed by atoms with van der Waals surface area (Å²) in [4.78, 5) is 22.2. The fourth-order valence-electron chi connectivity index (χ4n) is 2.98. The highest BCUT2D eigenvalue weighted by Crippen LogP contribution is 2.26. The number of aryl methyl sites for hydroxylation is 1. The van der Waals surface area contributed by atoms with Crippen LogP contribution >= 0.6 is 0 Å². The number of rotatable bonds is 5. The number of aromatic nitrogens is 3. The van der Waals surface area contributed by atoms with Gasteiger partial charge in [-0.1, -0.05) is 12.1 Å². The third kappa shape index (κ3) is 3.36. The molecule has 0 N–H and O–H groups in total. The van der Waals surface area contributed by atoms with E-state index in [0.717, 1.165) is 0 Å². The molecular weight excluding hydrogens is 380 g/mol. The predicted octanol–water partition coefficient (Wildman–Crippen LogP) is 1.91. The van der Waals surface area contributed by atoms with Gasteiger partial charge in [-0.05, 0) is 24.3 Å². The van der Waals surface area contributed by atoms with Gasteiger partial charge in [-0.3, -0.25) is 4.79 Å². The van der Waals surface area contributed by atoms with Crippen LogP contribution in [0.2, 0.25) is 0 Å². The van der Waals surface area contributed by atoms with E-state index in [1.54, 1.807) is 61.9 Å². The number of hydrogen-bond acceptors (Lipinski definition) is 6. The van der Waals surface area contributed by atoms with Crippen molar-refractivity contribution in [2.45, 2.75) is 10.4 Å². The standard InChI is InChI=1S/C19H18N4O4S/c1-22-10-9-21-19(22)28(25,26)16-12-23(13-16)18(24)14-5-4-6-15(11-14)27-17-7-2-3-8-20-17/h2-11,16H,12-13H2,1H3. The molecule has 0 saturated carbocycles. The number of carbonyl (C=O) groups excluding carboxylic acids is 1. The number of pyridine rings is 1. The molecule has 0 aliphatic carbocycles. The van der Waals surface area contributed by atoms with E-state index in [-0.39, 0.29) is 24.2 Å². The zero-order valence-electron chi connectivity index (χ0n) is 15.1. The van der Waals surface area contributed by atoms with Crippen LogP contribution < -0.4 is 4.74 Å². The van der Waals surface area contributed by atoms with E-state index in [1.165, 1.54) is 15.7 Å². The second-order valence-corrected chi connectivity index (χ2v) is 8.62. The monoisotopic (exact) mass is 398 g/mol. The number of sulfone groups is 1. The Bertz CT molecular complexity index is 1110. The molecule has 1 saturated heterocycles. The Labute approximate surface area is 162 Å². The van der Waals surface area contributed by atoms with E-state index in [9.17, 15) is 13.2 Å². The molecule has 0 bridgehead atoms. The number of likely N-dealkylation sites (tertiary alicyclic amines) is 1. The summed E-state index contributed by atoms with van der Waals surface area (Å²) in [6.45, 7) is 0.276. The molecule has 1 amide bonds. The van der Waals surface area contributed by atoms with Crippen LogP contribution in [0.3, 0.4) is 0 Å². The Morgan fingerprint density at radius 1 is 1.11 bits per heavy atom. The molecule has 3 heterocycles. The predicted molar refractivity (Wildman–Crippen MR) is 101 cm³/mol. The molecule has 0 spiro atoms. The third-order valence-electron chi connectivity index (χ3n) is 4.55. The molecule has 1 fully saturated rings. The van der Waals surface area contributed by atoms with Crippen molar-refractivity contribution in [3.63, 3.8) is 0 Å². The normalized spacial score (nSPS) is 14.5. The molecule has 4 rings (SSSR count). The fourth-order valence-corrected chi connectivity index (χ4v) is 4.70. The van der Waals surface area contributed by atoms with Gasteiger partial charge in [0.15, 0.2) is 0 Å². The Morgan fingerprint density at radius 2 is 1.93 bits per heavy atom. The minimum absolute atomic E-state index is 0.0235. The molecular formula is C19H18N4O4S. The lowest BCUT2D eigenvalue weighted by molar-refractivity contribution is 0.0658. The molecule has 8 nitrogen and oxygen atoms in total. The van der Waals surface area contributed by atoms with Gasteiger partial charge in [0.2, 0.25) is 20.9 Å². The van der Waals surface area contributed by atoms with E-state index >= 15 is 0 Å². The second-order valence-electron chi connectivity index (χ2n) is 6.50. The van der Waals surface area contributed by atoms with Crippen molar-refractivity contribution in [3.05, 3.63) is 66.6 Å². The zero-order chi connectivity index (χ0) is 19.7. The van der Waals surface area contributed by atoms with Crippen molar-refractivity contribution in [2.24, 2.45) is 7.05 Å². The highest BCUT2D eigenvalue weighted by Gasteiger charge is 2.42. The maximum Gasteiger partial charge on any atom is 0.254 e. The van der Waals surface area contributed by atoms with Crippen LogP contribution in [0.15, 0.2) is 66.2 Å². The zero-order valence-corrected chi connectivity index (χ0v) is 15.9. The average Bonchev–Trinajstić information content (AvgIpc) is 3.08. The smallest absolute Gasteiger partial charge is 0.254 e. The fraction of sp³-hybridized carbons (Fsp3) is 0.211. The number of carbonyl (C=O) groups is 1. The van der Waals surface area contributed by atoms with Gasteiger partial charge < -0.3 is 14.2 Å². The summed E-state index contributed by atoms with van der Waals surface area (Å²) in [6.07, 6.45) is 4.65.